The minimum absolute atomic E-state index is 0. The molecule has 0 aliphatic carbocycles. The maximum Gasteiger partial charge on any atom is 2.00 e. The summed E-state index contributed by atoms with van der Waals surface area (Å²) in [6, 6.07) is 129. The Morgan fingerprint density at radius 2 is 0.177 bits per heavy atom. The summed E-state index contributed by atoms with van der Waals surface area (Å²) in [5.74, 6) is 0. The zero-order chi connectivity index (χ0) is 51.7. The maximum atomic E-state index is 2.23. The minimum Gasteiger partial charge on any atom is -0.0626 e. The van der Waals surface area contributed by atoms with Crippen molar-refractivity contribution in [2.75, 3.05) is 0 Å². The van der Waals surface area contributed by atoms with Crippen molar-refractivity contribution in [1.82, 2.24) is 0 Å². The van der Waals surface area contributed by atoms with Crippen LogP contribution in [0.3, 0.4) is 0 Å². The largest absolute Gasteiger partial charge is 2.00 e. The smallest absolute Gasteiger partial charge is 0.0626 e. The van der Waals surface area contributed by atoms with Crippen LogP contribution in [-0.2, 0) is 17.1 Å². The fourth-order valence-electron chi connectivity index (χ4n) is 8.71. The van der Waals surface area contributed by atoms with Crippen molar-refractivity contribution in [2.45, 2.75) is 0 Å². The molecule has 0 aliphatic heterocycles. The third kappa shape index (κ3) is 18.0. The first-order valence-corrected chi connectivity index (χ1v) is 31.0. The standard InChI is InChI=1S/4C18H15P.2BH4.Cu/c4*1-4-10-16(11-5-1)19(17-12-6-2-7-13-17)18-14-8-3-9-15-18;;;/h4*1-15H;2*1H4;/q;;;;2*-1;+2. The Labute approximate surface area is 489 Å². The molecule has 0 saturated heterocycles. The van der Waals surface area contributed by atoms with Gasteiger partial charge in [-0.3, -0.25) is 0 Å². The van der Waals surface area contributed by atoms with Crippen molar-refractivity contribution in [1.29, 1.82) is 0 Å². The molecule has 393 valence electrons. The fourth-order valence-corrected chi connectivity index (χ4v) is 17.9. The summed E-state index contributed by atoms with van der Waals surface area (Å²) in [7, 11) is -1.78. The molecule has 0 fully saturated rings. The second-order valence-corrected chi connectivity index (χ2v) is 26.2. The molecule has 0 aromatic heterocycles. The molecule has 12 aromatic rings. The summed E-state index contributed by atoms with van der Waals surface area (Å²) in [5.41, 5.74) is 0. The third-order valence-electron chi connectivity index (χ3n) is 12.2. The average Bonchev–Trinajstić information content (AvgIpc) is 3.51. The second-order valence-electron chi connectivity index (χ2n) is 17.4. The van der Waals surface area contributed by atoms with Crippen LogP contribution in [0.5, 0.6) is 0 Å². The summed E-state index contributed by atoms with van der Waals surface area (Å²) >= 11 is 0. The fraction of sp³-hybridized carbons (Fsp3) is 0. The van der Waals surface area contributed by atoms with Crippen molar-refractivity contribution in [3.8, 4) is 0 Å². The Kier molecular flexibility index (Phi) is 26.4. The molecule has 7 heteroatoms. The SMILES string of the molecule is [BH4-].[BH4-].[Cu+2].c1ccc(P(c2ccccc2)c2ccccc2)cc1.c1ccc(P(c2ccccc2)c2ccccc2)cc1.c1ccc(P(c2ccccc2)c2ccccc2)cc1.c1ccc(P(c2ccccc2)c2ccccc2)cc1. The van der Waals surface area contributed by atoms with E-state index in [-0.39, 0.29) is 33.9 Å². The van der Waals surface area contributed by atoms with Crippen LogP contribution < -0.4 is 63.7 Å². The van der Waals surface area contributed by atoms with Gasteiger partial charge in [0.15, 0.2) is 0 Å². The molecule has 0 bridgehead atoms. The normalized spacial score (nSPS) is 10.2. The molecule has 0 N–H and O–H groups in total. The Morgan fingerprint density at radius 3 is 0.241 bits per heavy atom. The zero-order valence-corrected chi connectivity index (χ0v) is 47.3. The van der Waals surface area contributed by atoms with E-state index in [1.807, 2.05) is 0 Å². The van der Waals surface area contributed by atoms with Crippen LogP contribution in [-0.4, -0.2) is 16.8 Å². The summed E-state index contributed by atoms with van der Waals surface area (Å²) in [6.45, 7) is 0. The van der Waals surface area contributed by atoms with Crippen LogP contribution in [0.2, 0.25) is 0 Å². The molecular formula is C72H68B2CuP4. The molecule has 0 amide bonds. The van der Waals surface area contributed by atoms with Crippen LogP contribution in [0.1, 0.15) is 0 Å². The van der Waals surface area contributed by atoms with Gasteiger partial charge in [-0.1, -0.05) is 381 Å². The van der Waals surface area contributed by atoms with Gasteiger partial charge in [0.25, 0.3) is 0 Å². The van der Waals surface area contributed by atoms with E-state index < -0.39 is 31.7 Å². The molecule has 0 spiro atoms. The van der Waals surface area contributed by atoms with Gasteiger partial charge in [-0.2, -0.15) is 0 Å². The Hall–Kier alpha value is -6.99. The summed E-state index contributed by atoms with van der Waals surface area (Å²) in [5, 5.41) is 16.8. The second kappa shape index (κ2) is 34.1. The van der Waals surface area contributed by atoms with Gasteiger partial charge in [0, 0.05) is 0 Å². The zero-order valence-electron chi connectivity index (χ0n) is 42.7. The molecule has 0 aliphatic rings. The maximum absolute atomic E-state index is 2.23. The molecule has 12 rings (SSSR count). The van der Waals surface area contributed by atoms with Crippen LogP contribution in [0.15, 0.2) is 364 Å². The van der Waals surface area contributed by atoms with Crippen LogP contribution >= 0.6 is 31.7 Å². The average molecular weight is 1140 g/mol. The first kappa shape index (κ1) is 61.2. The Balaban J connectivity index is 0.000000168. The molecule has 79 heavy (non-hydrogen) atoms. The predicted molar refractivity (Wildman–Crippen MR) is 363 cm³/mol. The molecule has 0 atom stereocenters. The first-order valence-electron chi connectivity index (χ1n) is 25.6. The van der Waals surface area contributed by atoms with Gasteiger partial charge in [0.2, 0.25) is 0 Å². The number of benzene rings is 12. The van der Waals surface area contributed by atoms with Crippen LogP contribution in [0.4, 0.5) is 0 Å². The monoisotopic (exact) mass is 1140 g/mol. The van der Waals surface area contributed by atoms with Crippen molar-refractivity contribution < 1.29 is 17.1 Å². The van der Waals surface area contributed by atoms with Crippen LogP contribution in [0, 0.1) is 0 Å². The molecular weight excluding hydrogens is 1070 g/mol. The number of rotatable bonds is 12. The van der Waals surface area contributed by atoms with E-state index in [1.54, 1.807) is 0 Å². The summed E-state index contributed by atoms with van der Waals surface area (Å²) in [6.07, 6.45) is 0. The van der Waals surface area contributed by atoms with Gasteiger partial charge in [-0.15, -0.1) is 0 Å². The molecule has 12 aromatic carbocycles. The topological polar surface area (TPSA) is 0 Å². The first-order chi connectivity index (χ1) is 37.8. The van der Waals surface area contributed by atoms with Crippen LogP contribution in [0.25, 0.3) is 0 Å². The Bertz CT molecular complexity index is 2590. The van der Waals surface area contributed by atoms with E-state index in [0.717, 1.165) is 0 Å². The van der Waals surface area contributed by atoms with E-state index in [9.17, 15) is 0 Å². The summed E-state index contributed by atoms with van der Waals surface area (Å²) in [4.78, 5) is 0. The number of hydrogen-bond acceptors (Lipinski definition) is 0. The van der Waals surface area contributed by atoms with E-state index in [0.29, 0.717) is 0 Å². The van der Waals surface area contributed by atoms with E-state index in [4.69, 9.17) is 0 Å². The van der Waals surface area contributed by atoms with Gasteiger partial charge in [-0.05, 0) is 95.3 Å². The van der Waals surface area contributed by atoms with E-state index in [2.05, 4.69) is 364 Å². The van der Waals surface area contributed by atoms with Gasteiger partial charge >= 0.3 is 17.1 Å². The molecule has 0 unspecified atom stereocenters. The van der Waals surface area contributed by atoms with Crippen molar-refractivity contribution >= 4 is 112 Å². The van der Waals surface area contributed by atoms with Crippen molar-refractivity contribution in [3.05, 3.63) is 364 Å². The molecule has 0 heterocycles. The quantitative estimate of drug-likeness (QED) is 0.0845. The van der Waals surface area contributed by atoms with Gasteiger partial charge in [0.05, 0.1) is 0 Å². The van der Waals surface area contributed by atoms with Gasteiger partial charge in [-0.25, -0.2) is 0 Å². The molecule has 0 nitrogen and oxygen atoms in total. The van der Waals surface area contributed by atoms with Gasteiger partial charge < -0.3 is 0 Å². The number of hydrogen-bond donors (Lipinski definition) is 0. The van der Waals surface area contributed by atoms with Gasteiger partial charge in [0.1, 0.15) is 0 Å². The van der Waals surface area contributed by atoms with Crippen molar-refractivity contribution in [2.24, 2.45) is 0 Å². The minimum atomic E-state index is -0.446. The van der Waals surface area contributed by atoms with E-state index in [1.165, 1.54) is 63.7 Å². The Morgan fingerprint density at radius 1 is 0.114 bits per heavy atom. The van der Waals surface area contributed by atoms with Crippen molar-refractivity contribution in [3.63, 3.8) is 0 Å². The molecule has 1 radical (unpaired) electrons. The predicted octanol–water partition coefficient (Wildman–Crippen LogP) is 10.9. The van der Waals surface area contributed by atoms with E-state index >= 15 is 0 Å². The molecule has 0 saturated carbocycles. The summed E-state index contributed by atoms with van der Waals surface area (Å²) < 4.78 is 0. The third-order valence-corrected chi connectivity index (χ3v) is 21.9.